The van der Waals surface area contributed by atoms with Crippen LogP contribution in [0.2, 0.25) is 0 Å². The first-order chi connectivity index (χ1) is 24.4. The van der Waals surface area contributed by atoms with Gasteiger partial charge in [-0.15, -0.1) is 45.3 Å². The number of amides is 2. The van der Waals surface area contributed by atoms with Gasteiger partial charge in [0.05, 0.1) is 5.69 Å². The van der Waals surface area contributed by atoms with Gasteiger partial charge in [-0.05, 0) is 101 Å². The van der Waals surface area contributed by atoms with Crippen molar-refractivity contribution < 1.29 is 9.59 Å². The van der Waals surface area contributed by atoms with E-state index in [1.54, 1.807) is 23.5 Å². The minimum atomic E-state index is -0.291. The van der Waals surface area contributed by atoms with Crippen LogP contribution < -0.4 is 9.80 Å². The Morgan fingerprint density at radius 3 is 1.50 bits per heavy atom. The van der Waals surface area contributed by atoms with E-state index in [2.05, 4.69) is 91.8 Å². The molecule has 2 amide bonds. The fraction of sp³-hybridized carbons (Fsp3) is 0.0476. The second-order valence-electron chi connectivity index (χ2n) is 12.3. The third-order valence-electron chi connectivity index (χ3n) is 9.01. The number of rotatable bonds is 7. The molecule has 0 radical (unpaired) electrons. The van der Waals surface area contributed by atoms with Crippen molar-refractivity contribution in [1.29, 1.82) is 0 Å². The Balaban J connectivity index is 0.978. The van der Waals surface area contributed by atoms with Gasteiger partial charge in [-0.2, -0.15) is 0 Å². The lowest BCUT2D eigenvalue weighted by molar-refractivity contribution is 0.0893. The summed E-state index contributed by atoms with van der Waals surface area (Å²) in [5.74, 6) is -0.582. The van der Waals surface area contributed by atoms with E-state index in [-0.39, 0.29) is 11.8 Å². The number of anilines is 2. The molecule has 0 N–H and O–H groups in total. The molecule has 242 valence electrons. The Morgan fingerprint density at radius 2 is 0.920 bits per heavy atom. The highest BCUT2D eigenvalue weighted by Crippen LogP contribution is 2.46. The van der Waals surface area contributed by atoms with Crippen molar-refractivity contribution in [2.24, 2.45) is 0 Å². The summed E-state index contributed by atoms with van der Waals surface area (Å²) in [5, 5.41) is 1.65. The van der Waals surface area contributed by atoms with Crippen molar-refractivity contribution in [2.75, 3.05) is 23.9 Å². The zero-order valence-electron chi connectivity index (χ0n) is 27.0. The third kappa shape index (κ3) is 5.23. The SMILES string of the molecule is CN(C)c1ccc(-c2ccc(-c3ccc(-c4ccc(-c5ccc(-c6ccc7c8c(cccc68)C(=O)N(c6ccccc6)C7=O)s5)s4)s3)s2)cc1. The first-order valence-electron chi connectivity index (χ1n) is 16.1. The summed E-state index contributed by atoms with van der Waals surface area (Å²) >= 11 is 7.21. The number of hydrogen-bond donors (Lipinski definition) is 0. The molecule has 0 aliphatic carbocycles. The first kappa shape index (κ1) is 30.9. The van der Waals surface area contributed by atoms with Crippen LogP contribution in [0, 0.1) is 0 Å². The summed E-state index contributed by atoms with van der Waals surface area (Å²) in [5.41, 5.74) is 5.15. The number of hydrogen-bond acceptors (Lipinski definition) is 7. The molecule has 8 heteroatoms. The predicted molar refractivity (Wildman–Crippen MR) is 215 cm³/mol. The van der Waals surface area contributed by atoms with Crippen molar-refractivity contribution >= 4 is 79.3 Å². The Kier molecular flexibility index (Phi) is 7.62. The average Bonchev–Trinajstić information content (AvgIpc) is 3.98. The van der Waals surface area contributed by atoms with Crippen molar-refractivity contribution in [3.63, 3.8) is 0 Å². The van der Waals surface area contributed by atoms with Gasteiger partial charge in [0.15, 0.2) is 0 Å². The highest BCUT2D eigenvalue weighted by atomic mass is 32.1. The highest BCUT2D eigenvalue weighted by Gasteiger charge is 2.34. The fourth-order valence-electron chi connectivity index (χ4n) is 6.49. The van der Waals surface area contributed by atoms with Crippen LogP contribution in [-0.2, 0) is 0 Å². The number of carbonyl (C=O) groups excluding carboxylic acids is 2. The molecule has 0 bridgehead atoms. The minimum Gasteiger partial charge on any atom is -0.378 e. The molecule has 0 fully saturated rings. The summed E-state index contributed by atoms with van der Waals surface area (Å²) in [6, 6.07) is 45.2. The zero-order chi connectivity index (χ0) is 33.9. The lowest BCUT2D eigenvalue weighted by Crippen LogP contribution is -2.40. The second kappa shape index (κ2) is 12.3. The molecule has 5 heterocycles. The molecule has 0 saturated heterocycles. The molecule has 0 unspecified atom stereocenters. The molecule has 8 aromatic rings. The minimum absolute atomic E-state index is 0.291. The normalized spacial score (nSPS) is 12.6. The molecule has 0 atom stereocenters. The van der Waals surface area contributed by atoms with Gasteiger partial charge in [-0.3, -0.25) is 9.59 Å². The molecule has 9 rings (SSSR count). The summed E-state index contributed by atoms with van der Waals surface area (Å²) < 4.78 is 0. The van der Waals surface area contributed by atoms with Crippen LogP contribution >= 0.6 is 45.3 Å². The highest BCUT2D eigenvalue weighted by molar-refractivity contribution is 7.29. The van der Waals surface area contributed by atoms with Crippen LogP contribution in [0.25, 0.3) is 60.9 Å². The lowest BCUT2D eigenvalue weighted by atomic mass is 9.90. The van der Waals surface area contributed by atoms with Gasteiger partial charge in [-0.1, -0.05) is 48.5 Å². The number of para-hydroxylation sites is 1. The van der Waals surface area contributed by atoms with Crippen molar-refractivity contribution in [3.8, 4) is 50.1 Å². The van der Waals surface area contributed by atoms with Crippen LogP contribution in [0.5, 0.6) is 0 Å². The van der Waals surface area contributed by atoms with E-state index < -0.39 is 0 Å². The number of benzene rings is 4. The van der Waals surface area contributed by atoms with Crippen molar-refractivity contribution in [2.45, 2.75) is 0 Å². The van der Waals surface area contributed by atoms with Gasteiger partial charge in [0.25, 0.3) is 11.8 Å². The first-order valence-corrected chi connectivity index (χ1v) is 19.4. The quantitative estimate of drug-likeness (QED) is 0.154. The van der Waals surface area contributed by atoms with E-state index >= 15 is 0 Å². The Morgan fingerprint density at radius 1 is 0.440 bits per heavy atom. The number of imide groups is 1. The summed E-state index contributed by atoms with van der Waals surface area (Å²) in [6.07, 6.45) is 0. The molecule has 0 saturated carbocycles. The van der Waals surface area contributed by atoms with Crippen LogP contribution in [0.4, 0.5) is 11.4 Å². The average molecular weight is 721 g/mol. The summed E-state index contributed by atoms with van der Waals surface area (Å²) in [7, 11) is 4.12. The standard InChI is InChI=1S/C42H28N2O2S4/c1-43(2)26-13-11-25(12-14-26)32-17-19-34(47-32)36-21-23-38(49-36)39-24-22-37(50-39)35-20-18-33(48-35)28-15-16-31-40-29(28)9-6-10-30(40)41(45)44(42(31)46)27-7-4-3-5-8-27/h3-24H,1-2H3. The van der Waals surface area contributed by atoms with E-state index in [0.29, 0.717) is 16.8 Å². The van der Waals surface area contributed by atoms with Gasteiger partial charge < -0.3 is 4.90 Å². The maximum Gasteiger partial charge on any atom is 0.265 e. The second-order valence-corrected chi connectivity index (χ2v) is 16.6. The molecule has 50 heavy (non-hydrogen) atoms. The maximum absolute atomic E-state index is 13.7. The van der Waals surface area contributed by atoms with Gasteiger partial charge in [-0.25, -0.2) is 4.90 Å². The topological polar surface area (TPSA) is 40.6 Å². The largest absolute Gasteiger partial charge is 0.378 e. The van der Waals surface area contributed by atoms with E-state index in [1.165, 1.54) is 50.3 Å². The van der Waals surface area contributed by atoms with Crippen LogP contribution in [0.15, 0.2) is 133 Å². The number of carbonyl (C=O) groups is 2. The molecular formula is C42H28N2O2S4. The smallest absolute Gasteiger partial charge is 0.265 e. The molecule has 1 aliphatic rings. The summed E-state index contributed by atoms with van der Waals surface area (Å²) in [4.78, 5) is 40.6. The molecule has 4 aromatic heterocycles. The zero-order valence-corrected chi connectivity index (χ0v) is 30.3. The maximum atomic E-state index is 13.7. The third-order valence-corrected chi connectivity index (χ3v) is 14.0. The van der Waals surface area contributed by atoms with Crippen molar-refractivity contribution in [3.05, 3.63) is 145 Å². The van der Waals surface area contributed by atoms with Crippen LogP contribution in [0.3, 0.4) is 0 Å². The van der Waals surface area contributed by atoms with Crippen LogP contribution in [-0.4, -0.2) is 25.9 Å². The van der Waals surface area contributed by atoms with Crippen molar-refractivity contribution in [1.82, 2.24) is 0 Å². The predicted octanol–water partition coefficient (Wildman–Crippen LogP) is 12.3. The van der Waals surface area contributed by atoms with E-state index in [4.69, 9.17) is 0 Å². The molecule has 4 aromatic carbocycles. The lowest BCUT2D eigenvalue weighted by Gasteiger charge is -2.27. The molecule has 1 aliphatic heterocycles. The Labute approximate surface area is 305 Å². The van der Waals surface area contributed by atoms with Gasteiger partial charge in [0, 0.05) is 75.3 Å². The van der Waals surface area contributed by atoms with E-state index in [9.17, 15) is 9.59 Å². The van der Waals surface area contributed by atoms with E-state index in [0.717, 1.165) is 21.2 Å². The number of thiophene rings is 4. The Bertz CT molecular complexity index is 2550. The van der Waals surface area contributed by atoms with Gasteiger partial charge in [0.1, 0.15) is 0 Å². The summed E-state index contributed by atoms with van der Waals surface area (Å²) in [6.45, 7) is 0. The molecule has 4 nitrogen and oxygen atoms in total. The number of nitrogens with zero attached hydrogens (tertiary/aromatic N) is 2. The van der Waals surface area contributed by atoms with Gasteiger partial charge >= 0.3 is 0 Å². The fourth-order valence-corrected chi connectivity index (χ4v) is 10.8. The molecular weight excluding hydrogens is 693 g/mol. The Hall–Kier alpha value is -5.12. The molecule has 0 spiro atoms. The van der Waals surface area contributed by atoms with Crippen LogP contribution in [0.1, 0.15) is 20.7 Å². The monoisotopic (exact) mass is 720 g/mol. The van der Waals surface area contributed by atoms with E-state index in [1.807, 2.05) is 82.5 Å². The van der Waals surface area contributed by atoms with Gasteiger partial charge in [0.2, 0.25) is 0 Å².